The number of imidazole rings is 1. The molecule has 0 aliphatic rings. The Hall–Kier alpha value is -4.46. The van der Waals surface area contributed by atoms with Crippen molar-refractivity contribution in [2.75, 3.05) is 0 Å². The van der Waals surface area contributed by atoms with Gasteiger partial charge in [-0.1, -0.05) is 24.3 Å². The number of pyridine rings is 1. The van der Waals surface area contributed by atoms with Crippen LogP contribution < -0.4 is 5.69 Å². The molecule has 3 heterocycles. The topological polar surface area (TPSA) is 94.4 Å². The highest BCUT2D eigenvalue weighted by molar-refractivity contribution is 5.87. The fourth-order valence-electron chi connectivity index (χ4n) is 4.07. The molecule has 3 aromatic heterocycles. The number of nitrogens with zero attached hydrogens (tertiary/aromatic N) is 5. The van der Waals surface area contributed by atoms with Crippen molar-refractivity contribution in [2.24, 2.45) is 0 Å². The van der Waals surface area contributed by atoms with Gasteiger partial charge in [-0.3, -0.25) is 9.13 Å². The van der Waals surface area contributed by atoms with Crippen molar-refractivity contribution in [1.82, 2.24) is 23.7 Å². The molecular formula is C25H21N5O3. The number of aromatic carboxylic acids is 1. The molecule has 0 aliphatic carbocycles. The van der Waals surface area contributed by atoms with E-state index in [4.69, 9.17) is 5.11 Å². The molecule has 5 rings (SSSR count). The second kappa shape index (κ2) is 7.90. The molecule has 8 heteroatoms. The van der Waals surface area contributed by atoms with Gasteiger partial charge in [0.05, 0.1) is 23.5 Å². The molecule has 0 unspecified atom stereocenters. The van der Waals surface area contributed by atoms with Gasteiger partial charge in [-0.25, -0.2) is 19.1 Å². The fourth-order valence-corrected chi connectivity index (χ4v) is 4.07. The SMILES string of the molecule is Cc1cccc(-n2c(-c3ccc4ncnn4c3)c(C)n(Cc3ccc(C(=O)O)cc3)c2=O)c1. The number of hydrogen-bond donors (Lipinski definition) is 1. The van der Waals surface area contributed by atoms with Crippen LogP contribution in [0.1, 0.15) is 27.2 Å². The second-order valence-electron chi connectivity index (χ2n) is 7.96. The van der Waals surface area contributed by atoms with Crippen molar-refractivity contribution in [3.8, 4) is 16.9 Å². The molecule has 33 heavy (non-hydrogen) atoms. The Balaban J connectivity index is 1.70. The molecule has 0 spiro atoms. The molecule has 0 saturated heterocycles. The van der Waals surface area contributed by atoms with Crippen molar-refractivity contribution >= 4 is 11.6 Å². The maximum atomic E-state index is 13.7. The van der Waals surface area contributed by atoms with E-state index >= 15 is 0 Å². The van der Waals surface area contributed by atoms with Crippen molar-refractivity contribution in [2.45, 2.75) is 20.4 Å². The predicted octanol–water partition coefficient (Wildman–Crippen LogP) is 3.71. The van der Waals surface area contributed by atoms with Crippen LogP contribution in [0.15, 0.2) is 78.0 Å². The summed E-state index contributed by atoms with van der Waals surface area (Å²) in [6, 6.07) is 18.2. The van der Waals surface area contributed by atoms with Crippen LogP contribution in [0, 0.1) is 13.8 Å². The summed E-state index contributed by atoms with van der Waals surface area (Å²) < 4.78 is 5.10. The van der Waals surface area contributed by atoms with E-state index in [2.05, 4.69) is 10.1 Å². The highest BCUT2D eigenvalue weighted by Crippen LogP contribution is 2.27. The van der Waals surface area contributed by atoms with Gasteiger partial charge in [0.15, 0.2) is 5.65 Å². The molecule has 8 nitrogen and oxygen atoms in total. The first kappa shape index (κ1) is 20.4. The lowest BCUT2D eigenvalue weighted by molar-refractivity contribution is 0.0697. The van der Waals surface area contributed by atoms with Crippen LogP contribution in [0.5, 0.6) is 0 Å². The molecule has 0 bridgehead atoms. The summed E-state index contributed by atoms with van der Waals surface area (Å²) in [5.74, 6) is -0.980. The van der Waals surface area contributed by atoms with E-state index < -0.39 is 5.97 Å². The Labute approximate surface area is 189 Å². The Bertz CT molecular complexity index is 1560. The van der Waals surface area contributed by atoms with E-state index in [0.717, 1.165) is 39.4 Å². The van der Waals surface area contributed by atoms with Crippen LogP contribution in [0.3, 0.4) is 0 Å². The molecular weight excluding hydrogens is 418 g/mol. The van der Waals surface area contributed by atoms with Gasteiger partial charge in [0, 0.05) is 17.5 Å². The normalized spacial score (nSPS) is 11.2. The molecule has 0 radical (unpaired) electrons. The number of fused-ring (bicyclic) bond motifs is 1. The number of aryl methyl sites for hydroxylation is 1. The number of hydrogen-bond acceptors (Lipinski definition) is 4. The zero-order valence-corrected chi connectivity index (χ0v) is 18.1. The largest absolute Gasteiger partial charge is 0.478 e. The number of carbonyl (C=O) groups is 1. The molecule has 0 saturated carbocycles. The summed E-state index contributed by atoms with van der Waals surface area (Å²) in [5.41, 5.74) is 5.82. The van der Waals surface area contributed by atoms with Gasteiger partial charge >= 0.3 is 11.7 Å². The smallest absolute Gasteiger partial charge is 0.335 e. The maximum Gasteiger partial charge on any atom is 0.335 e. The minimum atomic E-state index is -0.980. The molecule has 1 N–H and O–H groups in total. The lowest BCUT2D eigenvalue weighted by Gasteiger charge is -2.10. The van der Waals surface area contributed by atoms with Crippen LogP contribution in [0.4, 0.5) is 0 Å². The highest BCUT2D eigenvalue weighted by Gasteiger charge is 2.21. The first-order valence-corrected chi connectivity index (χ1v) is 10.4. The molecule has 0 atom stereocenters. The Morgan fingerprint density at radius 2 is 1.82 bits per heavy atom. The van der Waals surface area contributed by atoms with E-state index in [1.165, 1.54) is 6.33 Å². The first-order chi connectivity index (χ1) is 15.9. The van der Waals surface area contributed by atoms with Gasteiger partial charge in [0.25, 0.3) is 0 Å². The minimum absolute atomic E-state index is 0.172. The van der Waals surface area contributed by atoms with Crippen molar-refractivity contribution in [1.29, 1.82) is 0 Å². The first-order valence-electron chi connectivity index (χ1n) is 10.4. The van der Waals surface area contributed by atoms with E-state index in [-0.39, 0.29) is 11.3 Å². The quantitative estimate of drug-likeness (QED) is 0.451. The van der Waals surface area contributed by atoms with Crippen molar-refractivity contribution < 1.29 is 9.90 Å². The standard InChI is InChI=1S/C25H21N5O3/c1-16-4-3-5-21(12-16)30-23(20-10-11-22-26-15-27-29(22)14-20)17(2)28(25(30)33)13-18-6-8-19(9-7-18)24(31)32/h3-12,14-15H,13H2,1-2H3,(H,31,32). The lowest BCUT2D eigenvalue weighted by Crippen LogP contribution is -2.24. The molecule has 5 aromatic rings. The van der Waals surface area contributed by atoms with E-state index in [9.17, 15) is 9.59 Å². The maximum absolute atomic E-state index is 13.7. The van der Waals surface area contributed by atoms with Gasteiger partial charge in [0.1, 0.15) is 6.33 Å². The summed E-state index contributed by atoms with van der Waals surface area (Å²) in [7, 11) is 0. The Morgan fingerprint density at radius 1 is 1.03 bits per heavy atom. The molecule has 0 amide bonds. The number of aromatic nitrogens is 5. The van der Waals surface area contributed by atoms with Crippen LogP contribution in [-0.4, -0.2) is 34.8 Å². The van der Waals surface area contributed by atoms with Gasteiger partial charge in [-0.2, -0.15) is 5.10 Å². The molecule has 164 valence electrons. The Kier molecular flexibility index (Phi) is 4.90. The van der Waals surface area contributed by atoms with Crippen LogP contribution in [-0.2, 0) is 6.54 Å². The van der Waals surface area contributed by atoms with Crippen molar-refractivity contribution in [3.05, 3.63) is 106 Å². The molecule has 2 aromatic carbocycles. The van der Waals surface area contributed by atoms with Gasteiger partial charge in [0.2, 0.25) is 0 Å². The average molecular weight is 439 g/mol. The van der Waals surface area contributed by atoms with Crippen LogP contribution in [0.2, 0.25) is 0 Å². The van der Waals surface area contributed by atoms with E-state index in [1.807, 2.05) is 56.4 Å². The van der Waals surface area contributed by atoms with E-state index in [1.54, 1.807) is 37.9 Å². The minimum Gasteiger partial charge on any atom is -0.478 e. The average Bonchev–Trinajstić information content (AvgIpc) is 3.37. The summed E-state index contributed by atoms with van der Waals surface area (Å²) in [5, 5.41) is 13.4. The van der Waals surface area contributed by atoms with Crippen LogP contribution in [0.25, 0.3) is 22.6 Å². The number of carboxylic acid groups (broad SMARTS) is 1. The molecule has 0 fully saturated rings. The summed E-state index contributed by atoms with van der Waals surface area (Å²) >= 11 is 0. The second-order valence-corrected chi connectivity index (χ2v) is 7.96. The number of carboxylic acids is 1. The third-order valence-corrected chi connectivity index (χ3v) is 5.74. The lowest BCUT2D eigenvalue weighted by atomic mass is 10.1. The summed E-state index contributed by atoms with van der Waals surface area (Å²) in [6.45, 7) is 4.23. The predicted molar refractivity (Wildman–Crippen MR) is 124 cm³/mol. The van der Waals surface area contributed by atoms with Gasteiger partial charge in [-0.15, -0.1) is 0 Å². The zero-order valence-electron chi connectivity index (χ0n) is 18.1. The summed E-state index contributed by atoms with van der Waals surface area (Å²) in [4.78, 5) is 29.1. The fraction of sp³-hybridized carbons (Fsp3) is 0.120. The van der Waals surface area contributed by atoms with Crippen molar-refractivity contribution in [3.63, 3.8) is 0 Å². The number of benzene rings is 2. The van der Waals surface area contributed by atoms with Gasteiger partial charge < -0.3 is 5.11 Å². The third kappa shape index (κ3) is 3.61. The van der Waals surface area contributed by atoms with Gasteiger partial charge in [-0.05, 0) is 61.4 Å². The third-order valence-electron chi connectivity index (χ3n) is 5.74. The molecule has 0 aliphatic heterocycles. The highest BCUT2D eigenvalue weighted by atomic mass is 16.4. The zero-order chi connectivity index (χ0) is 23.1. The van der Waals surface area contributed by atoms with Crippen LogP contribution >= 0.6 is 0 Å². The number of rotatable bonds is 5. The summed E-state index contributed by atoms with van der Waals surface area (Å²) in [6.07, 6.45) is 3.36. The van der Waals surface area contributed by atoms with E-state index in [0.29, 0.717) is 6.54 Å². The Morgan fingerprint density at radius 3 is 2.55 bits per heavy atom. The monoisotopic (exact) mass is 439 g/mol.